The predicted molar refractivity (Wildman–Crippen MR) is 85.5 cm³/mol. The normalized spacial score (nSPS) is 18.4. The topological polar surface area (TPSA) is 84.0 Å². The molecule has 0 bridgehead atoms. The van der Waals surface area contributed by atoms with Crippen molar-refractivity contribution in [1.29, 1.82) is 0 Å². The first-order valence-corrected chi connectivity index (χ1v) is 9.43. The van der Waals surface area contributed by atoms with Crippen LogP contribution in [0.15, 0.2) is 6.07 Å². The molecule has 1 aliphatic heterocycles. The molecular formula is C14H24N4O2S. The Bertz CT molecular complexity index is 560. The summed E-state index contributed by atoms with van der Waals surface area (Å²) in [4.78, 5) is 8.93. The first-order valence-electron chi connectivity index (χ1n) is 7.61. The smallest absolute Gasteiger partial charge is 0.150 e. The molecule has 7 heteroatoms. The average molecular weight is 312 g/mol. The van der Waals surface area contributed by atoms with E-state index in [0.717, 1.165) is 36.8 Å². The van der Waals surface area contributed by atoms with Crippen LogP contribution in [0, 0.1) is 0 Å². The lowest BCUT2D eigenvalue weighted by atomic mass is 10.1. The zero-order valence-corrected chi connectivity index (χ0v) is 13.5. The van der Waals surface area contributed by atoms with Crippen molar-refractivity contribution in [3.63, 3.8) is 0 Å². The van der Waals surface area contributed by atoms with E-state index >= 15 is 0 Å². The number of aromatic nitrogens is 2. The van der Waals surface area contributed by atoms with Crippen molar-refractivity contribution >= 4 is 21.5 Å². The van der Waals surface area contributed by atoms with Crippen molar-refractivity contribution < 1.29 is 8.42 Å². The van der Waals surface area contributed by atoms with Crippen molar-refractivity contribution in [1.82, 2.24) is 9.97 Å². The molecule has 1 aromatic heterocycles. The van der Waals surface area contributed by atoms with Crippen LogP contribution in [-0.4, -0.2) is 42.5 Å². The minimum Gasteiger partial charge on any atom is -0.370 e. The SMILES string of the molecule is CCCNc1cc(NC2CCS(=O)(=O)CC2)nc(CC)n1. The highest BCUT2D eigenvalue weighted by molar-refractivity contribution is 7.91. The standard InChI is InChI=1S/C14H24N4O2S/c1-3-7-15-13-10-14(18-12(4-2)17-13)16-11-5-8-21(19,20)9-6-11/h10-11H,3-9H2,1-2H3,(H2,15,16,17,18). The Morgan fingerprint density at radius 1 is 1.19 bits per heavy atom. The van der Waals surface area contributed by atoms with Gasteiger partial charge in [-0.3, -0.25) is 0 Å². The second kappa shape index (κ2) is 7.06. The fourth-order valence-electron chi connectivity index (χ4n) is 2.32. The molecule has 0 unspecified atom stereocenters. The molecule has 2 N–H and O–H groups in total. The molecule has 0 radical (unpaired) electrons. The van der Waals surface area contributed by atoms with Gasteiger partial charge in [-0.05, 0) is 19.3 Å². The highest BCUT2D eigenvalue weighted by atomic mass is 32.2. The fourth-order valence-corrected chi connectivity index (χ4v) is 3.81. The van der Waals surface area contributed by atoms with Crippen LogP contribution in [0.25, 0.3) is 0 Å². The summed E-state index contributed by atoms with van der Waals surface area (Å²) in [6, 6.07) is 2.07. The molecule has 0 aromatic carbocycles. The first-order chi connectivity index (χ1) is 10.0. The Hall–Kier alpha value is -1.37. The second-order valence-electron chi connectivity index (χ2n) is 5.41. The number of nitrogens with one attached hydrogen (secondary N) is 2. The Balaban J connectivity index is 2.05. The average Bonchev–Trinajstić information content (AvgIpc) is 2.47. The Morgan fingerprint density at radius 3 is 2.48 bits per heavy atom. The summed E-state index contributed by atoms with van der Waals surface area (Å²) >= 11 is 0. The van der Waals surface area contributed by atoms with Gasteiger partial charge in [0.2, 0.25) is 0 Å². The van der Waals surface area contributed by atoms with Crippen LogP contribution in [0.3, 0.4) is 0 Å². The Labute approximate surface area is 126 Å². The van der Waals surface area contributed by atoms with E-state index in [0.29, 0.717) is 12.8 Å². The van der Waals surface area contributed by atoms with Crippen LogP contribution in [0.4, 0.5) is 11.6 Å². The number of hydrogen-bond donors (Lipinski definition) is 2. The minimum absolute atomic E-state index is 0.173. The van der Waals surface area contributed by atoms with Crippen molar-refractivity contribution in [3.05, 3.63) is 11.9 Å². The lowest BCUT2D eigenvalue weighted by molar-refractivity contribution is 0.559. The fraction of sp³-hybridized carbons (Fsp3) is 0.714. The maximum absolute atomic E-state index is 11.5. The van der Waals surface area contributed by atoms with Gasteiger partial charge in [-0.2, -0.15) is 0 Å². The van der Waals surface area contributed by atoms with E-state index < -0.39 is 9.84 Å². The van der Waals surface area contributed by atoms with Gasteiger partial charge in [0.15, 0.2) is 0 Å². The van der Waals surface area contributed by atoms with Crippen LogP contribution in [0.1, 0.15) is 38.9 Å². The molecule has 1 aliphatic rings. The van der Waals surface area contributed by atoms with Gasteiger partial charge in [0.25, 0.3) is 0 Å². The Morgan fingerprint density at radius 2 is 1.86 bits per heavy atom. The molecule has 0 atom stereocenters. The monoisotopic (exact) mass is 312 g/mol. The van der Waals surface area contributed by atoms with Gasteiger partial charge in [0.05, 0.1) is 11.5 Å². The van der Waals surface area contributed by atoms with Crippen LogP contribution in [0.5, 0.6) is 0 Å². The lowest BCUT2D eigenvalue weighted by Gasteiger charge is -2.23. The first kappa shape index (κ1) is 16.0. The number of nitrogens with zero attached hydrogens (tertiary/aromatic N) is 2. The van der Waals surface area contributed by atoms with E-state index in [9.17, 15) is 8.42 Å². The number of rotatable bonds is 6. The maximum atomic E-state index is 11.5. The van der Waals surface area contributed by atoms with E-state index in [4.69, 9.17) is 0 Å². The highest BCUT2D eigenvalue weighted by Crippen LogP contribution is 2.19. The zero-order valence-electron chi connectivity index (χ0n) is 12.7. The largest absolute Gasteiger partial charge is 0.370 e. The van der Waals surface area contributed by atoms with Gasteiger partial charge in [-0.25, -0.2) is 18.4 Å². The molecule has 0 amide bonds. The molecule has 1 fully saturated rings. The van der Waals surface area contributed by atoms with E-state index in [1.165, 1.54) is 0 Å². The van der Waals surface area contributed by atoms with Crippen LogP contribution in [-0.2, 0) is 16.3 Å². The predicted octanol–water partition coefficient (Wildman–Crippen LogP) is 1.85. The molecule has 0 saturated carbocycles. The molecule has 118 valence electrons. The van der Waals surface area contributed by atoms with Crippen LogP contribution < -0.4 is 10.6 Å². The number of sulfone groups is 1. The summed E-state index contributed by atoms with van der Waals surface area (Å²) in [6.45, 7) is 5.01. The van der Waals surface area contributed by atoms with Crippen LogP contribution in [0.2, 0.25) is 0 Å². The molecule has 6 nitrogen and oxygen atoms in total. The van der Waals surface area contributed by atoms with E-state index in [2.05, 4.69) is 27.5 Å². The number of hydrogen-bond acceptors (Lipinski definition) is 6. The highest BCUT2D eigenvalue weighted by Gasteiger charge is 2.23. The van der Waals surface area contributed by atoms with Crippen molar-refractivity contribution in [2.45, 2.75) is 45.6 Å². The van der Waals surface area contributed by atoms with Gasteiger partial charge < -0.3 is 10.6 Å². The number of anilines is 2. The second-order valence-corrected chi connectivity index (χ2v) is 7.71. The summed E-state index contributed by atoms with van der Waals surface area (Å²) in [7, 11) is -2.83. The maximum Gasteiger partial charge on any atom is 0.150 e. The molecule has 0 spiro atoms. The lowest BCUT2D eigenvalue weighted by Crippen LogP contribution is -2.32. The Kier molecular flexibility index (Phi) is 5.39. The van der Waals surface area contributed by atoms with Gasteiger partial charge in [-0.1, -0.05) is 13.8 Å². The molecule has 1 aromatic rings. The third-order valence-electron chi connectivity index (χ3n) is 3.55. The summed E-state index contributed by atoms with van der Waals surface area (Å²) in [5.74, 6) is 2.93. The summed E-state index contributed by atoms with van der Waals surface area (Å²) in [6.07, 6.45) is 3.10. The van der Waals surface area contributed by atoms with Crippen molar-refractivity contribution in [2.24, 2.45) is 0 Å². The van der Waals surface area contributed by atoms with E-state index in [1.54, 1.807) is 0 Å². The molecule has 2 rings (SSSR count). The molecular weight excluding hydrogens is 288 g/mol. The van der Waals surface area contributed by atoms with Gasteiger partial charge in [0, 0.05) is 25.1 Å². The van der Waals surface area contributed by atoms with Crippen molar-refractivity contribution in [3.8, 4) is 0 Å². The molecule has 21 heavy (non-hydrogen) atoms. The summed E-state index contributed by atoms with van der Waals surface area (Å²) < 4.78 is 22.9. The third kappa shape index (κ3) is 4.84. The van der Waals surface area contributed by atoms with Gasteiger partial charge >= 0.3 is 0 Å². The molecule has 2 heterocycles. The molecule has 0 aliphatic carbocycles. The third-order valence-corrected chi connectivity index (χ3v) is 5.27. The zero-order chi connectivity index (χ0) is 15.3. The van der Waals surface area contributed by atoms with E-state index in [-0.39, 0.29) is 17.5 Å². The quantitative estimate of drug-likeness (QED) is 0.834. The van der Waals surface area contributed by atoms with E-state index in [1.807, 2.05) is 13.0 Å². The van der Waals surface area contributed by atoms with Crippen molar-refractivity contribution in [2.75, 3.05) is 28.7 Å². The van der Waals surface area contributed by atoms with Gasteiger partial charge in [-0.15, -0.1) is 0 Å². The summed E-state index contributed by atoms with van der Waals surface area (Å²) in [5.41, 5.74) is 0. The van der Waals surface area contributed by atoms with Crippen LogP contribution >= 0.6 is 0 Å². The summed E-state index contributed by atoms with van der Waals surface area (Å²) in [5, 5.41) is 6.63. The molecule has 1 saturated heterocycles. The van der Waals surface area contributed by atoms with Gasteiger partial charge in [0.1, 0.15) is 27.3 Å². The minimum atomic E-state index is -2.83. The number of aryl methyl sites for hydroxylation is 1.